The SMILES string of the molecule is CCCCCCCCCC(=O)NCCCCCC(=O)Oc1ccc(S(=O)(=O)O)cc1. The number of carbonyl (C=O) groups excluding carboxylic acids is 2. The number of hydrogen-bond donors (Lipinski definition) is 2. The number of carbonyl (C=O) groups is 2. The molecule has 0 aliphatic heterocycles. The van der Waals surface area contributed by atoms with E-state index in [4.69, 9.17) is 9.29 Å². The largest absolute Gasteiger partial charge is 0.427 e. The molecule has 0 saturated carbocycles. The van der Waals surface area contributed by atoms with E-state index in [0.717, 1.165) is 25.7 Å². The van der Waals surface area contributed by atoms with E-state index < -0.39 is 16.1 Å². The minimum absolute atomic E-state index is 0.0938. The second-order valence-corrected chi connectivity index (χ2v) is 8.87. The maximum absolute atomic E-state index is 11.8. The Bertz CT molecular complexity index is 730. The maximum atomic E-state index is 11.8. The smallest absolute Gasteiger partial charge is 0.311 e. The van der Waals surface area contributed by atoms with Gasteiger partial charge in [-0.25, -0.2) is 0 Å². The van der Waals surface area contributed by atoms with Gasteiger partial charge in [-0.1, -0.05) is 51.9 Å². The highest BCUT2D eigenvalue weighted by Gasteiger charge is 2.10. The molecule has 1 aromatic rings. The summed E-state index contributed by atoms with van der Waals surface area (Å²) >= 11 is 0. The number of hydrogen-bond acceptors (Lipinski definition) is 5. The number of ether oxygens (including phenoxy) is 1. The minimum atomic E-state index is -4.26. The minimum Gasteiger partial charge on any atom is -0.427 e. The van der Waals surface area contributed by atoms with Gasteiger partial charge >= 0.3 is 5.97 Å². The third kappa shape index (κ3) is 12.6. The Morgan fingerprint density at radius 3 is 2.07 bits per heavy atom. The number of benzene rings is 1. The van der Waals surface area contributed by atoms with Crippen molar-refractivity contribution in [3.05, 3.63) is 24.3 Å². The lowest BCUT2D eigenvalue weighted by Crippen LogP contribution is -2.24. The second kappa shape index (κ2) is 15.0. The molecule has 1 rings (SSSR count). The Morgan fingerprint density at radius 2 is 1.43 bits per heavy atom. The topological polar surface area (TPSA) is 110 Å². The van der Waals surface area contributed by atoms with Crippen molar-refractivity contribution in [1.82, 2.24) is 5.32 Å². The van der Waals surface area contributed by atoms with Crippen LogP contribution in [0.3, 0.4) is 0 Å². The zero-order valence-electron chi connectivity index (χ0n) is 17.9. The number of rotatable bonds is 16. The van der Waals surface area contributed by atoms with E-state index in [1.165, 1.54) is 56.4 Å². The molecule has 0 heterocycles. The lowest BCUT2D eigenvalue weighted by atomic mass is 10.1. The van der Waals surface area contributed by atoms with Crippen LogP contribution in [-0.2, 0) is 19.7 Å². The summed E-state index contributed by atoms with van der Waals surface area (Å²) in [5.74, 6) is -0.0843. The van der Waals surface area contributed by atoms with Crippen molar-refractivity contribution in [1.29, 1.82) is 0 Å². The lowest BCUT2D eigenvalue weighted by molar-refractivity contribution is -0.134. The molecule has 0 bridgehead atoms. The van der Waals surface area contributed by atoms with E-state index in [2.05, 4.69) is 12.2 Å². The normalized spacial score (nSPS) is 11.3. The van der Waals surface area contributed by atoms with Crippen molar-refractivity contribution < 1.29 is 27.3 Å². The van der Waals surface area contributed by atoms with Crippen LogP contribution in [0.25, 0.3) is 0 Å². The van der Waals surface area contributed by atoms with E-state index >= 15 is 0 Å². The molecule has 0 aliphatic rings. The van der Waals surface area contributed by atoms with Gasteiger partial charge in [-0.2, -0.15) is 8.42 Å². The van der Waals surface area contributed by atoms with Crippen LogP contribution in [0.15, 0.2) is 29.2 Å². The molecule has 1 aromatic carbocycles. The summed E-state index contributed by atoms with van der Waals surface area (Å²) in [6.07, 6.45) is 11.4. The first-order valence-corrected chi connectivity index (χ1v) is 12.3. The van der Waals surface area contributed by atoms with Gasteiger partial charge in [-0.05, 0) is 43.5 Å². The van der Waals surface area contributed by atoms with Crippen molar-refractivity contribution >= 4 is 22.0 Å². The fraction of sp³-hybridized carbons (Fsp3) is 0.636. The molecular formula is C22H35NO6S. The van der Waals surface area contributed by atoms with Gasteiger partial charge in [0, 0.05) is 19.4 Å². The fourth-order valence-corrected chi connectivity index (χ4v) is 3.47. The lowest BCUT2D eigenvalue weighted by Gasteiger charge is -2.06. The average molecular weight is 442 g/mol. The van der Waals surface area contributed by atoms with Crippen LogP contribution in [-0.4, -0.2) is 31.4 Å². The van der Waals surface area contributed by atoms with E-state index in [-0.39, 0.29) is 23.0 Å². The Kier molecular flexibility index (Phi) is 13.0. The predicted molar refractivity (Wildman–Crippen MR) is 116 cm³/mol. The molecule has 0 unspecified atom stereocenters. The highest BCUT2D eigenvalue weighted by Crippen LogP contribution is 2.16. The van der Waals surface area contributed by atoms with Crippen molar-refractivity contribution in [3.63, 3.8) is 0 Å². The first-order valence-electron chi connectivity index (χ1n) is 10.9. The third-order valence-electron chi connectivity index (χ3n) is 4.74. The standard InChI is InChI=1S/C22H35NO6S/c1-2-3-4-5-6-7-9-12-21(24)23-18-11-8-10-13-22(25)29-19-14-16-20(17-15-19)30(26,27)28/h14-17H,2-13,18H2,1H3,(H,23,24)(H,26,27,28). The molecule has 1 amide bonds. The molecular weight excluding hydrogens is 406 g/mol. The summed E-state index contributed by atoms with van der Waals surface area (Å²) < 4.78 is 36.0. The Balaban J connectivity index is 2.03. The molecule has 0 atom stereocenters. The summed E-state index contributed by atoms with van der Waals surface area (Å²) in [5.41, 5.74) is 0. The van der Waals surface area contributed by atoms with Crippen molar-refractivity contribution in [2.75, 3.05) is 6.54 Å². The monoisotopic (exact) mass is 441 g/mol. The number of nitrogens with one attached hydrogen (secondary N) is 1. The summed E-state index contributed by atoms with van der Waals surface area (Å²) in [6, 6.07) is 4.99. The van der Waals surface area contributed by atoms with Gasteiger partial charge in [0.15, 0.2) is 0 Å². The van der Waals surface area contributed by atoms with E-state index in [9.17, 15) is 18.0 Å². The second-order valence-electron chi connectivity index (χ2n) is 7.45. The van der Waals surface area contributed by atoms with Crippen LogP contribution >= 0.6 is 0 Å². The first kappa shape index (κ1) is 26.1. The van der Waals surface area contributed by atoms with E-state index in [1.807, 2.05) is 0 Å². The Morgan fingerprint density at radius 1 is 0.867 bits per heavy atom. The van der Waals surface area contributed by atoms with Crippen LogP contribution in [0, 0.1) is 0 Å². The van der Waals surface area contributed by atoms with Crippen LogP contribution < -0.4 is 10.1 Å². The number of unbranched alkanes of at least 4 members (excludes halogenated alkanes) is 8. The molecule has 170 valence electrons. The van der Waals surface area contributed by atoms with Crippen molar-refractivity contribution in [2.24, 2.45) is 0 Å². The Hall–Kier alpha value is -1.93. The van der Waals surface area contributed by atoms with Gasteiger partial charge in [0.05, 0.1) is 4.90 Å². The molecule has 7 nitrogen and oxygen atoms in total. The zero-order chi connectivity index (χ0) is 22.2. The zero-order valence-corrected chi connectivity index (χ0v) is 18.7. The molecule has 0 aromatic heterocycles. The van der Waals surface area contributed by atoms with Gasteiger partial charge in [-0.15, -0.1) is 0 Å². The molecule has 0 saturated heterocycles. The molecule has 8 heteroatoms. The Labute approximate surface area is 180 Å². The summed E-state index contributed by atoms with van der Waals surface area (Å²) in [6.45, 7) is 2.81. The number of amides is 1. The van der Waals surface area contributed by atoms with Gasteiger partial charge in [0.25, 0.3) is 10.1 Å². The molecule has 0 aliphatic carbocycles. The van der Waals surface area contributed by atoms with Crippen molar-refractivity contribution in [3.8, 4) is 5.75 Å². The molecule has 0 radical (unpaired) electrons. The van der Waals surface area contributed by atoms with Gasteiger partial charge in [-0.3, -0.25) is 14.1 Å². The van der Waals surface area contributed by atoms with Crippen LogP contribution in [0.4, 0.5) is 0 Å². The molecule has 2 N–H and O–H groups in total. The van der Waals surface area contributed by atoms with Crippen LogP contribution in [0.1, 0.15) is 84.0 Å². The van der Waals surface area contributed by atoms with E-state index in [1.54, 1.807) is 0 Å². The van der Waals surface area contributed by atoms with Gasteiger partial charge < -0.3 is 10.1 Å². The predicted octanol–water partition coefficient (Wildman–Crippen LogP) is 4.66. The summed E-state index contributed by atoms with van der Waals surface area (Å²) in [5, 5.41) is 2.91. The molecule has 30 heavy (non-hydrogen) atoms. The van der Waals surface area contributed by atoms with Crippen LogP contribution in [0.5, 0.6) is 5.75 Å². The quantitative estimate of drug-likeness (QED) is 0.167. The maximum Gasteiger partial charge on any atom is 0.311 e. The molecule has 0 spiro atoms. The van der Waals surface area contributed by atoms with E-state index in [0.29, 0.717) is 19.4 Å². The van der Waals surface area contributed by atoms with Gasteiger partial charge in [0.1, 0.15) is 5.75 Å². The summed E-state index contributed by atoms with van der Waals surface area (Å²) in [4.78, 5) is 23.3. The fourth-order valence-electron chi connectivity index (χ4n) is 2.99. The van der Waals surface area contributed by atoms with Crippen LogP contribution in [0.2, 0.25) is 0 Å². The van der Waals surface area contributed by atoms with Crippen molar-refractivity contribution in [2.45, 2.75) is 88.9 Å². The average Bonchev–Trinajstić information content (AvgIpc) is 2.69. The summed E-state index contributed by atoms with van der Waals surface area (Å²) in [7, 11) is -4.26. The highest BCUT2D eigenvalue weighted by molar-refractivity contribution is 7.85. The van der Waals surface area contributed by atoms with Gasteiger partial charge in [0.2, 0.25) is 5.91 Å². The third-order valence-corrected chi connectivity index (χ3v) is 5.61. The number of esters is 1. The molecule has 0 fully saturated rings. The first-order chi connectivity index (χ1) is 14.3. The highest BCUT2D eigenvalue weighted by atomic mass is 32.2.